The Hall–Kier alpha value is -2.21. The molecule has 25 heavy (non-hydrogen) atoms. The molecule has 130 valence electrons. The monoisotopic (exact) mass is 357 g/mol. The number of fused-ring (bicyclic) bond motifs is 1. The second-order valence-electron chi connectivity index (χ2n) is 6.60. The number of aromatic nitrogens is 2. The molecule has 1 N–H and O–H groups in total. The fourth-order valence-electron chi connectivity index (χ4n) is 3.42. The lowest BCUT2D eigenvalue weighted by molar-refractivity contribution is -0.124. The van der Waals surface area contributed by atoms with Gasteiger partial charge in [0.15, 0.2) is 4.96 Å². The van der Waals surface area contributed by atoms with Gasteiger partial charge in [-0.25, -0.2) is 9.37 Å². The van der Waals surface area contributed by atoms with Crippen molar-refractivity contribution < 1.29 is 9.18 Å². The normalized spacial score (nSPS) is 15.1. The van der Waals surface area contributed by atoms with E-state index in [0.717, 1.165) is 52.5 Å². The highest BCUT2D eigenvalue weighted by molar-refractivity contribution is 7.17. The Balaban J connectivity index is 1.51. The summed E-state index contributed by atoms with van der Waals surface area (Å²) in [6.45, 7) is 2.59. The van der Waals surface area contributed by atoms with Crippen LogP contribution in [0.5, 0.6) is 0 Å². The molecule has 6 heteroatoms. The minimum atomic E-state index is -0.249. The Morgan fingerprint density at radius 2 is 2.04 bits per heavy atom. The van der Waals surface area contributed by atoms with Gasteiger partial charge in [0.25, 0.3) is 0 Å². The van der Waals surface area contributed by atoms with Crippen LogP contribution in [0.2, 0.25) is 0 Å². The molecule has 0 saturated heterocycles. The van der Waals surface area contributed by atoms with Crippen molar-refractivity contribution in [2.24, 2.45) is 5.92 Å². The van der Waals surface area contributed by atoms with E-state index in [9.17, 15) is 9.18 Å². The first-order valence-electron chi connectivity index (χ1n) is 8.63. The van der Waals surface area contributed by atoms with E-state index in [2.05, 4.69) is 10.3 Å². The van der Waals surface area contributed by atoms with Gasteiger partial charge < -0.3 is 5.32 Å². The maximum Gasteiger partial charge on any atom is 0.223 e. The molecule has 1 aromatic carbocycles. The number of imidazole rings is 1. The molecule has 1 saturated carbocycles. The second-order valence-corrected chi connectivity index (χ2v) is 7.66. The van der Waals surface area contributed by atoms with Crippen molar-refractivity contribution in [3.05, 3.63) is 46.9 Å². The van der Waals surface area contributed by atoms with Gasteiger partial charge in [-0.05, 0) is 44.0 Å². The molecule has 4 rings (SSSR count). The quantitative estimate of drug-likeness (QED) is 0.756. The van der Waals surface area contributed by atoms with Gasteiger partial charge in [-0.3, -0.25) is 9.20 Å². The number of benzene rings is 1. The molecule has 0 bridgehead atoms. The summed E-state index contributed by atoms with van der Waals surface area (Å²) in [5.41, 5.74) is 2.82. The topological polar surface area (TPSA) is 46.4 Å². The Labute approximate surface area is 149 Å². The molecule has 4 nitrogen and oxygen atoms in total. The maximum absolute atomic E-state index is 13.1. The highest BCUT2D eigenvalue weighted by atomic mass is 32.1. The largest absolute Gasteiger partial charge is 0.351 e. The summed E-state index contributed by atoms with van der Waals surface area (Å²) in [5.74, 6) is 0.116. The molecule has 1 aliphatic rings. The number of carbonyl (C=O) groups is 1. The van der Waals surface area contributed by atoms with Crippen LogP contribution in [0.25, 0.3) is 16.2 Å². The summed E-state index contributed by atoms with van der Waals surface area (Å²) < 4.78 is 15.1. The fraction of sp³-hybridized carbons (Fsp3) is 0.368. The number of hydrogen-bond acceptors (Lipinski definition) is 3. The van der Waals surface area contributed by atoms with Crippen molar-refractivity contribution in [1.29, 1.82) is 0 Å². The Kier molecular flexibility index (Phi) is 4.29. The highest BCUT2D eigenvalue weighted by Gasteiger charge is 2.22. The van der Waals surface area contributed by atoms with Gasteiger partial charge in [0, 0.05) is 28.2 Å². The number of hydrogen-bond donors (Lipinski definition) is 1. The molecule has 1 aliphatic carbocycles. The minimum absolute atomic E-state index is 0.176. The van der Waals surface area contributed by atoms with Crippen molar-refractivity contribution >= 4 is 22.2 Å². The summed E-state index contributed by atoms with van der Waals surface area (Å²) in [5, 5.41) is 3.07. The number of thiazole rings is 1. The van der Waals surface area contributed by atoms with Crippen LogP contribution in [0.3, 0.4) is 0 Å². The zero-order valence-corrected chi connectivity index (χ0v) is 14.9. The molecule has 0 aliphatic heterocycles. The average Bonchev–Trinajstić information content (AvgIpc) is 3.32. The zero-order valence-electron chi connectivity index (χ0n) is 14.1. The molecule has 0 atom stereocenters. The van der Waals surface area contributed by atoms with Crippen LogP contribution in [0.4, 0.5) is 4.39 Å². The van der Waals surface area contributed by atoms with E-state index in [4.69, 9.17) is 0 Å². The van der Waals surface area contributed by atoms with Crippen molar-refractivity contribution in [2.75, 3.05) is 0 Å². The average molecular weight is 357 g/mol. The Bertz CT molecular complexity index is 907. The second kappa shape index (κ2) is 6.59. The van der Waals surface area contributed by atoms with Gasteiger partial charge in [-0.2, -0.15) is 0 Å². The molecule has 2 heterocycles. The molecule has 1 fully saturated rings. The van der Waals surface area contributed by atoms with E-state index in [1.54, 1.807) is 23.5 Å². The third-order valence-electron chi connectivity index (χ3n) is 4.94. The predicted molar refractivity (Wildman–Crippen MR) is 97.0 cm³/mol. The molecule has 0 radical (unpaired) electrons. The summed E-state index contributed by atoms with van der Waals surface area (Å²) in [6, 6.07) is 6.36. The first-order chi connectivity index (χ1) is 12.1. The van der Waals surface area contributed by atoms with Gasteiger partial charge in [-0.1, -0.05) is 24.2 Å². The van der Waals surface area contributed by atoms with Crippen molar-refractivity contribution in [3.8, 4) is 11.3 Å². The Morgan fingerprint density at radius 3 is 2.72 bits per heavy atom. The molecule has 2 aromatic heterocycles. The van der Waals surface area contributed by atoms with Crippen molar-refractivity contribution in [3.63, 3.8) is 0 Å². The summed E-state index contributed by atoms with van der Waals surface area (Å²) in [4.78, 5) is 18.9. The molecule has 0 spiro atoms. The third kappa shape index (κ3) is 3.18. The molecule has 3 aromatic rings. The number of nitrogens with one attached hydrogen (secondary N) is 1. The zero-order chi connectivity index (χ0) is 17.4. The van der Waals surface area contributed by atoms with Crippen LogP contribution in [0.15, 0.2) is 30.5 Å². The molecular formula is C19H20FN3OS. The smallest absolute Gasteiger partial charge is 0.223 e. The third-order valence-corrected chi connectivity index (χ3v) is 6.10. The van der Waals surface area contributed by atoms with Gasteiger partial charge in [-0.15, -0.1) is 0 Å². The SMILES string of the molecule is Cc1c(CNC(=O)C2CCCC2)sc2nc(-c3ccc(F)cc3)cn12. The summed E-state index contributed by atoms with van der Waals surface area (Å²) >= 11 is 1.59. The van der Waals surface area contributed by atoms with E-state index in [0.29, 0.717) is 6.54 Å². The van der Waals surface area contributed by atoms with Crippen LogP contribution in [0.1, 0.15) is 36.3 Å². The Morgan fingerprint density at radius 1 is 1.32 bits per heavy atom. The van der Waals surface area contributed by atoms with E-state index < -0.39 is 0 Å². The number of amides is 1. The lowest BCUT2D eigenvalue weighted by atomic mass is 10.1. The predicted octanol–water partition coefficient (Wildman–Crippen LogP) is 4.32. The highest BCUT2D eigenvalue weighted by Crippen LogP contribution is 2.28. The molecular weight excluding hydrogens is 337 g/mol. The van der Waals surface area contributed by atoms with E-state index in [-0.39, 0.29) is 17.6 Å². The van der Waals surface area contributed by atoms with Crippen LogP contribution < -0.4 is 5.32 Å². The fourth-order valence-corrected chi connectivity index (χ4v) is 4.46. The van der Waals surface area contributed by atoms with Crippen LogP contribution >= 0.6 is 11.3 Å². The lowest BCUT2D eigenvalue weighted by Gasteiger charge is -2.09. The summed E-state index contributed by atoms with van der Waals surface area (Å²) in [6.07, 6.45) is 6.32. The number of carbonyl (C=O) groups excluding carboxylic acids is 1. The maximum atomic E-state index is 13.1. The van der Waals surface area contributed by atoms with Gasteiger partial charge >= 0.3 is 0 Å². The van der Waals surface area contributed by atoms with Gasteiger partial charge in [0.2, 0.25) is 5.91 Å². The van der Waals surface area contributed by atoms with Crippen molar-refractivity contribution in [1.82, 2.24) is 14.7 Å². The first-order valence-corrected chi connectivity index (χ1v) is 9.44. The number of halogens is 1. The van der Waals surface area contributed by atoms with E-state index >= 15 is 0 Å². The number of aryl methyl sites for hydroxylation is 1. The summed E-state index contributed by atoms with van der Waals surface area (Å²) in [7, 11) is 0. The van der Waals surface area contributed by atoms with Crippen LogP contribution in [-0.4, -0.2) is 15.3 Å². The van der Waals surface area contributed by atoms with Crippen molar-refractivity contribution in [2.45, 2.75) is 39.2 Å². The standard InChI is InChI=1S/C19H20FN3OS/c1-12-17(10-21-18(24)14-4-2-3-5-14)25-19-22-16(11-23(12)19)13-6-8-15(20)9-7-13/h6-9,11,14H,2-5,10H2,1H3,(H,21,24). The number of rotatable bonds is 4. The van der Waals surface area contributed by atoms with Gasteiger partial charge in [0.05, 0.1) is 12.2 Å². The van der Waals surface area contributed by atoms with E-state index in [1.165, 1.54) is 12.1 Å². The number of nitrogens with zero attached hydrogens (tertiary/aromatic N) is 2. The molecule has 1 amide bonds. The lowest BCUT2D eigenvalue weighted by Crippen LogP contribution is -2.28. The van der Waals surface area contributed by atoms with Crippen LogP contribution in [-0.2, 0) is 11.3 Å². The van der Waals surface area contributed by atoms with Crippen LogP contribution in [0, 0.1) is 18.7 Å². The van der Waals surface area contributed by atoms with Gasteiger partial charge in [0.1, 0.15) is 5.82 Å². The minimum Gasteiger partial charge on any atom is -0.351 e. The molecule has 0 unspecified atom stereocenters. The van der Waals surface area contributed by atoms with E-state index in [1.807, 2.05) is 17.5 Å². The first kappa shape index (κ1) is 16.3.